The highest BCUT2D eigenvalue weighted by molar-refractivity contribution is 5.60. The molecule has 90 valence electrons. The number of hydrogen-bond acceptors (Lipinski definition) is 3. The van der Waals surface area contributed by atoms with Gasteiger partial charge in [-0.05, 0) is 32.9 Å². The predicted octanol–water partition coefficient (Wildman–Crippen LogP) is 2.59. The summed E-state index contributed by atoms with van der Waals surface area (Å²) in [6.45, 7) is 5.99. The normalized spacial score (nSPS) is 12.7. The molecule has 0 aliphatic carbocycles. The molecule has 0 bridgehead atoms. The number of benzene rings is 1. The van der Waals surface area contributed by atoms with Crippen molar-refractivity contribution in [2.75, 3.05) is 19.1 Å². The van der Waals surface area contributed by atoms with E-state index in [1.807, 2.05) is 25.2 Å². The fraction of sp³-hybridized carbons (Fsp3) is 0.538. The third kappa shape index (κ3) is 2.47. The molecule has 0 saturated heterocycles. The lowest BCUT2D eigenvalue weighted by molar-refractivity contribution is 0.194. The third-order valence-electron chi connectivity index (χ3n) is 2.84. The van der Waals surface area contributed by atoms with Gasteiger partial charge in [0.1, 0.15) is 5.75 Å². The summed E-state index contributed by atoms with van der Waals surface area (Å²) in [5.74, 6) is 0.736. The summed E-state index contributed by atoms with van der Waals surface area (Å²) in [6.07, 6.45) is -0.535. The van der Waals surface area contributed by atoms with Gasteiger partial charge in [0.2, 0.25) is 0 Å². The Hall–Kier alpha value is -1.22. The zero-order chi connectivity index (χ0) is 12.3. The fourth-order valence-corrected chi connectivity index (χ4v) is 1.72. The summed E-state index contributed by atoms with van der Waals surface area (Å²) < 4.78 is 5.29. The quantitative estimate of drug-likeness (QED) is 0.851. The minimum atomic E-state index is -0.535. The van der Waals surface area contributed by atoms with Crippen LogP contribution in [0.5, 0.6) is 5.75 Å². The molecule has 1 atom stereocenters. The van der Waals surface area contributed by atoms with E-state index < -0.39 is 6.10 Å². The van der Waals surface area contributed by atoms with Gasteiger partial charge in [0.05, 0.1) is 13.2 Å². The zero-order valence-corrected chi connectivity index (χ0v) is 10.7. The third-order valence-corrected chi connectivity index (χ3v) is 2.84. The molecular weight excluding hydrogens is 202 g/mol. The fourth-order valence-electron chi connectivity index (χ4n) is 1.72. The maximum absolute atomic E-state index is 9.84. The largest absolute Gasteiger partial charge is 0.496 e. The Morgan fingerprint density at radius 1 is 1.25 bits per heavy atom. The second-order valence-corrected chi connectivity index (χ2v) is 4.27. The summed E-state index contributed by atoms with van der Waals surface area (Å²) in [4.78, 5) is 2.13. The highest BCUT2D eigenvalue weighted by Gasteiger charge is 2.17. The van der Waals surface area contributed by atoms with Crippen molar-refractivity contribution in [1.29, 1.82) is 0 Å². The molecule has 16 heavy (non-hydrogen) atoms. The van der Waals surface area contributed by atoms with Gasteiger partial charge in [-0.2, -0.15) is 0 Å². The number of nitrogens with zero attached hydrogens (tertiary/aromatic N) is 1. The molecule has 3 heteroatoms. The number of aliphatic hydroxyl groups is 1. The van der Waals surface area contributed by atoms with Crippen LogP contribution in [-0.4, -0.2) is 25.3 Å². The molecular formula is C13H21NO2. The van der Waals surface area contributed by atoms with E-state index in [1.54, 1.807) is 14.0 Å². The van der Waals surface area contributed by atoms with E-state index in [-0.39, 0.29) is 0 Å². The number of ether oxygens (including phenoxy) is 1. The van der Waals surface area contributed by atoms with Crippen molar-refractivity contribution >= 4 is 5.69 Å². The van der Waals surface area contributed by atoms with Gasteiger partial charge in [-0.3, -0.25) is 0 Å². The van der Waals surface area contributed by atoms with Crippen molar-refractivity contribution in [1.82, 2.24) is 0 Å². The average molecular weight is 223 g/mol. The van der Waals surface area contributed by atoms with Crippen molar-refractivity contribution in [2.45, 2.75) is 32.9 Å². The van der Waals surface area contributed by atoms with Crippen molar-refractivity contribution in [3.8, 4) is 5.75 Å². The molecule has 1 rings (SSSR count). The smallest absolute Gasteiger partial charge is 0.126 e. The van der Waals surface area contributed by atoms with Crippen molar-refractivity contribution < 1.29 is 9.84 Å². The maximum Gasteiger partial charge on any atom is 0.126 e. The van der Waals surface area contributed by atoms with Crippen LogP contribution >= 0.6 is 0 Å². The van der Waals surface area contributed by atoms with Crippen molar-refractivity contribution in [2.24, 2.45) is 0 Å². The SMILES string of the molecule is COc1cccc(N(C)C(C)C)c1C(C)O. The van der Waals surface area contributed by atoms with E-state index in [0.717, 1.165) is 17.0 Å². The first kappa shape index (κ1) is 12.8. The molecule has 0 fully saturated rings. The molecule has 1 N–H and O–H groups in total. The van der Waals surface area contributed by atoms with E-state index in [1.165, 1.54) is 0 Å². The Balaban J connectivity index is 3.27. The second kappa shape index (κ2) is 5.21. The monoisotopic (exact) mass is 223 g/mol. The second-order valence-electron chi connectivity index (χ2n) is 4.27. The van der Waals surface area contributed by atoms with Gasteiger partial charge in [0, 0.05) is 24.3 Å². The molecule has 0 heterocycles. The molecule has 1 unspecified atom stereocenters. The number of aliphatic hydroxyl groups excluding tert-OH is 1. The highest BCUT2D eigenvalue weighted by atomic mass is 16.5. The first-order valence-electron chi connectivity index (χ1n) is 5.56. The topological polar surface area (TPSA) is 32.7 Å². The average Bonchev–Trinajstić information content (AvgIpc) is 2.26. The molecule has 0 amide bonds. The molecule has 0 saturated carbocycles. The van der Waals surface area contributed by atoms with Crippen LogP contribution in [0.2, 0.25) is 0 Å². The van der Waals surface area contributed by atoms with E-state index in [2.05, 4.69) is 18.7 Å². The number of anilines is 1. The van der Waals surface area contributed by atoms with Crippen LogP contribution in [0.4, 0.5) is 5.69 Å². The number of methoxy groups -OCH3 is 1. The summed E-state index contributed by atoms with van der Waals surface area (Å²) in [6, 6.07) is 6.20. The van der Waals surface area contributed by atoms with Crippen molar-refractivity contribution in [3.05, 3.63) is 23.8 Å². The Bertz CT molecular complexity index is 348. The lowest BCUT2D eigenvalue weighted by Gasteiger charge is -2.28. The van der Waals surface area contributed by atoms with Gasteiger partial charge < -0.3 is 14.7 Å². The van der Waals surface area contributed by atoms with Crippen molar-refractivity contribution in [3.63, 3.8) is 0 Å². The Morgan fingerprint density at radius 2 is 1.88 bits per heavy atom. The lowest BCUT2D eigenvalue weighted by Crippen LogP contribution is -2.27. The van der Waals surface area contributed by atoms with Crippen LogP contribution in [0.25, 0.3) is 0 Å². The van der Waals surface area contributed by atoms with E-state index in [9.17, 15) is 5.11 Å². The zero-order valence-electron chi connectivity index (χ0n) is 10.7. The van der Waals surface area contributed by atoms with E-state index in [4.69, 9.17) is 4.74 Å². The minimum absolute atomic E-state index is 0.379. The van der Waals surface area contributed by atoms with Gasteiger partial charge in [-0.15, -0.1) is 0 Å². The number of rotatable bonds is 4. The minimum Gasteiger partial charge on any atom is -0.496 e. The van der Waals surface area contributed by atoms with Crippen LogP contribution in [0.1, 0.15) is 32.4 Å². The Labute approximate surface area is 97.7 Å². The maximum atomic E-state index is 9.84. The first-order valence-corrected chi connectivity index (χ1v) is 5.56. The summed E-state index contributed by atoms with van der Waals surface area (Å²) in [5, 5.41) is 9.84. The highest BCUT2D eigenvalue weighted by Crippen LogP contribution is 2.34. The van der Waals surface area contributed by atoms with Crippen LogP contribution in [0.3, 0.4) is 0 Å². The van der Waals surface area contributed by atoms with Gasteiger partial charge in [0.25, 0.3) is 0 Å². The molecule has 0 radical (unpaired) electrons. The number of hydrogen-bond donors (Lipinski definition) is 1. The Morgan fingerprint density at radius 3 is 2.31 bits per heavy atom. The van der Waals surface area contributed by atoms with Crippen LogP contribution in [-0.2, 0) is 0 Å². The van der Waals surface area contributed by atoms with Gasteiger partial charge in [-0.1, -0.05) is 6.07 Å². The van der Waals surface area contributed by atoms with Gasteiger partial charge >= 0.3 is 0 Å². The standard InChI is InChI=1S/C13H21NO2/c1-9(2)14(4)11-7-6-8-12(16-5)13(11)10(3)15/h6-10,15H,1-5H3. The molecule has 1 aromatic rings. The molecule has 0 aliphatic heterocycles. The Kier molecular flexibility index (Phi) is 4.19. The van der Waals surface area contributed by atoms with Gasteiger partial charge in [0.15, 0.2) is 0 Å². The molecule has 0 spiro atoms. The van der Waals surface area contributed by atoms with Gasteiger partial charge in [-0.25, -0.2) is 0 Å². The molecule has 1 aromatic carbocycles. The van der Waals surface area contributed by atoms with E-state index >= 15 is 0 Å². The molecule has 0 aliphatic rings. The first-order chi connectivity index (χ1) is 7.49. The van der Waals surface area contributed by atoms with E-state index in [0.29, 0.717) is 6.04 Å². The summed E-state index contributed by atoms with van der Waals surface area (Å²) in [7, 11) is 3.64. The lowest BCUT2D eigenvalue weighted by atomic mass is 10.1. The van der Waals surface area contributed by atoms with Crippen LogP contribution < -0.4 is 9.64 Å². The summed E-state index contributed by atoms with van der Waals surface area (Å²) >= 11 is 0. The summed E-state index contributed by atoms with van der Waals surface area (Å²) in [5.41, 5.74) is 1.87. The predicted molar refractivity (Wildman–Crippen MR) is 67.2 cm³/mol. The van der Waals surface area contributed by atoms with Crippen LogP contribution in [0, 0.1) is 0 Å². The molecule has 3 nitrogen and oxygen atoms in total. The van der Waals surface area contributed by atoms with Crippen LogP contribution in [0.15, 0.2) is 18.2 Å². The molecule has 0 aromatic heterocycles.